The number of hydrogen-bond donors (Lipinski definition) is 3. The minimum atomic E-state index is -0.677. The van der Waals surface area contributed by atoms with Crippen LogP contribution in [-0.4, -0.2) is 40.7 Å². The largest absolute Gasteiger partial charge is 0.496 e. The molecule has 1 aliphatic carbocycles. The van der Waals surface area contributed by atoms with E-state index in [9.17, 15) is 19.6 Å². The van der Waals surface area contributed by atoms with Crippen molar-refractivity contribution in [1.82, 2.24) is 10.2 Å². The van der Waals surface area contributed by atoms with E-state index in [0.717, 1.165) is 0 Å². The second-order valence-corrected chi connectivity index (χ2v) is 13.3. The van der Waals surface area contributed by atoms with E-state index >= 15 is 0 Å². The summed E-state index contributed by atoms with van der Waals surface area (Å²) in [5.74, 6) is -0.336. The van der Waals surface area contributed by atoms with E-state index in [1.54, 1.807) is 42.3 Å². The molecule has 0 radical (unpaired) electrons. The maximum atomic E-state index is 13.8. The highest BCUT2D eigenvalue weighted by molar-refractivity contribution is 8.01. The standard InChI is InChI=1S/C31H31N7O4S2/c1-17(39)34-18-9-11-19(12-10-18)35-25(41)16-43-30-37-36-29(44-30)38-22-13-31(2,3)14-23(40)27(22)26(21(15-32)28(38)33)20-7-5-6-8-24(20)42-4/h5-12,26H,13-14,16,33H2,1-4H3,(H,34,39)(H,35,41). The molecule has 11 nitrogen and oxygen atoms in total. The van der Waals surface area contributed by atoms with Crippen molar-refractivity contribution >= 4 is 57.2 Å². The maximum absolute atomic E-state index is 13.8. The molecular weight excluding hydrogens is 599 g/mol. The summed E-state index contributed by atoms with van der Waals surface area (Å²) in [7, 11) is 1.55. The summed E-state index contributed by atoms with van der Waals surface area (Å²) in [6, 6.07) is 16.4. The second-order valence-electron chi connectivity index (χ2n) is 11.2. The molecule has 2 aromatic carbocycles. The third-order valence-corrected chi connectivity index (χ3v) is 9.28. The summed E-state index contributed by atoms with van der Waals surface area (Å²) in [5.41, 5.74) is 9.72. The number of para-hydroxylation sites is 1. The third kappa shape index (κ3) is 6.31. The number of Topliss-reactive ketones (excluding diaryl/α,β-unsaturated/α-hetero) is 1. The molecule has 2 heterocycles. The molecule has 0 bridgehead atoms. The zero-order valence-corrected chi connectivity index (χ0v) is 26.3. The van der Waals surface area contributed by atoms with Gasteiger partial charge in [0.2, 0.25) is 16.9 Å². The van der Waals surface area contributed by atoms with Crippen LogP contribution in [0.1, 0.15) is 45.1 Å². The van der Waals surface area contributed by atoms with Crippen LogP contribution in [0.2, 0.25) is 0 Å². The number of amides is 2. The number of nitrogens with two attached hydrogens (primary N) is 1. The minimum Gasteiger partial charge on any atom is -0.496 e. The van der Waals surface area contributed by atoms with E-state index in [1.165, 1.54) is 30.0 Å². The summed E-state index contributed by atoms with van der Waals surface area (Å²) in [4.78, 5) is 39.3. The molecule has 3 aromatic rings. The fraction of sp³-hybridized carbons (Fsp3) is 0.290. The minimum absolute atomic E-state index is 0.0571. The first-order valence-corrected chi connectivity index (χ1v) is 15.5. The van der Waals surface area contributed by atoms with Crippen LogP contribution in [0, 0.1) is 16.7 Å². The number of ether oxygens (including phenoxy) is 1. The molecule has 5 rings (SSSR count). The van der Waals surface area contributed by atoms with Gasteiger partial charge in [0.1, 0.15) is 11.6 Å². The van der Waals surface area contributed by atoms with Gasteiger partial charge in [-0.15, -0.1) is 10.2 Å². The van der Waals surface area contributed by atoms with Crippen LogP contribution in [0.4, 0.5) is 16.5 Å². The van der Waals surface area contributed by atoms with Gasteiger partial charge in [-0.3, -0.25) is 19.3 Å². The van der Waals surface area contributed by atoms with Crippen LogP contribution in [0.3, 0.4) is 0 Å². The zero-order chi connectivity index (χ0) is 31.6. The fourth-order valence-electron chi connectivity index (χ4n) is 5.46. The smallest absolute Gasteiger partial charge is 0.234 e. The highest BCUT2D eigenvalue weighted by atomic mass is 32.2. The number of anilines is 3. The number of thioether (sulfide) groups is 1. The Kier molecular flexibility index (Phi) is 8.75. The Balaban J connectivity index is 1.41. The molecule has 1 atom stereocenters. The lowest BCUT2D eigenvalue weighted by Crippen LogP contribution is -2.42. The van der Waals surface area contributed by atoms with Crippen LogP contribution < -0.4 is 26.0 Å². The quantitative estimate of drug-likeness (QED) is 0.283. The molecule has 4 N–H and O–H groups in total. The first-order valence-electron chi connectivity index (χ1n) is 13.7. The molecule has 1 aliphatic heterocycles. The van der Waals surface area contributed by atoms with Gasteiger partial charge in [0.25, 0.3) is 0 Å². The highest BCUT2D eigenvalue weighted by Gasteiger charge is 2.46. The summed E-state index contributed by atoms with van der Waals surface area (Å²) in [6.45, 7) is 5.48. The van der Waals surface area contributed by atoms with E-state index in [-0.39, 0.29) is 40.2 Å². The third-order valence-electron chi connectivity index (χ3n) is 7.23. The van der Waals surface area contributed by atoms with Gasteiger partial charge in [0.05, 0.1) is 30.4 Å². The van der Waals surface area contributed by atoms with Crippen molar-refractivity contribution in [3.8, 4) is 11.8 Å². The topological polar surface area (TPSA) is 163 Å². The van der Waals surface area contributed by atoms with E-state index < -0.39 is 5.92 Å². The SMILES string of the molecule is COc1ccccc1C1C(C#N)=C(N)N(c2nnc(SCC(=O)Nc3ccc(NC(C)=O)cc3)s2)C2=C1C(=O)CC(C)(C)C2. The molecule has 0 saturated carbocycles. The summed E-state index contributed by atoms with van der Waals surface area (Å²) in [6.07, 6.45) is 0.858. The predicted octanol–water partition coefficient (Wildman–Crippen LogP) is 5.18. The number of carbonyl (C=O) groups is 3. The molecule has 0 fully saturated rings. The monoisotopic (exact) mass is 629 g/mol. The van der Waals surface area contributed by atoms with Gasteiger partial charge in [0.15, 0.2) is 10.1 Å². The van der Waals surface area contributed by atoms with E-state index in [0.29, 0.717) is 56.3 Å². The van der Waals surface area contributed by atoms with Crippen molar-refractivity contribution in [2.75, 3.05) is 28.4 Å². The molecule has 1 unspecified atom stereocenters. The Hall–Kier alpha value is -4.67. The molecule has 226 valence electrons. The number of benzene rings is 2. The number of methoxy groups -OCH3 is 1. The lowest BCUT2D eigenvalue weighted by molar-refractivity contribution is -0.118. The van der Waals surface area contributed by atoms with Gasteiger partial charge in [0, 0.05) is 41.6 Å². The second kappa shape index (κ2) is 12.5. The average molecular weight is 630 g/mol. The molecule has 13 heteroatoms. The number of nitrogens with zero attached hydrogens (tertiary/aromatic N) is 4. The molecule has 2 aliphatic rings. The average Bonchev–Trinajstić information content (AvgIpc) is 3.44. The molecule has 44 heavy (non-hydrogen) atoms. The van der Waals surface area contributed by atoms with Gasteiger partial charge < -0.3 is 21.1 Å². The number of nitrogens with one attached hydrogen (secondary N) is 2. The number of aromatic nitrogens is 2. The highest BCUT2D eigenvalue weighted by Crippen LogP contribution is 2.52. The van der Waals surface area contributed by atoms with Crippen molar-refractivity contribution in [2.45, 2.75) is 43.9 Å². The zero-order valence-electron chi connectivity index (χ0n) is 24.6. The Bertz CT molecular complexity index is 1740. The van der Waals surface area contributed by atoms with Crippen LogP contribution in [0.25, 0.3) is 0 Å². The number of hydrogen-bond acceptors (Lipinski definition) is 11. The Morgan fingerprint density at radius 3 is 2.48 bits per heavy atom. The first kappa shape index (κ1) is 30.8. The van der Waals surface area contributed by atoms with Crippen LogP contribution in [0.15, 0.2) is 75.5 Å². The van der Waals surface area contributed by atoms with Gasteiger partial charge in [-0.2, -0.15) is 5.26 Å². The molecule has 1 aromatic heterocycles. The van der Waals surface area contributed by atoms with Crippen molar-refractivity contribution in [3.05, 3.63) is 76.8 Å². The molecule has 0 saturated heterocycles. The normalized spacial score (nSPS) is 17.6. The van der Waals surface area contributed by atoms with Crippen LogP contribution >= 0.6 is 23.1 Å². The van der Waals surface area contributed by atoms with E-state index in [4.69, 9.17) is 10.5 Å². The fourth-order valence-corrected chi connectivity index (χ4v) is 7.14. The lowest BCUT2D eigenvalue weighted by atomic mass is 9.68. The number of rotatable bonds is 8. The Labute approximate surface area is 263 Å². The molecular formula is C31H31N7O4S2. The van der Waals surface area contributed by atoms with Gasteiger partial charge in [-0.05, 0) is 42.2 Å². The summed E-state index contributed by atoms with van der Waals surface area (Å²) >= 11 is 2.44. The Morgan fingerprint density at radius 2 is 1.82 bits per heavy atom. The van der Waals surface area contributed by atoms with Crippen molar-refractivity contribution in [3.63, 3.8) is 0 Å². The van der Waals surface area contributed by atoms with Crippen LogP contribution in [0.5, 0.6) is 5.75 Å². The molecule has 0 spiro atoms. The van der Waals surface area contributed by atoms with Crippen molar-refractivity contribution in [2.24, 2.45) is 11.1 Å². The number of ketones is 1. The maximum Gasteiger partial charge on any atom is 0.234 e. The van der Waals surface area contributed by atoms with Gasteiger partial charge in [-0.1, -0.05) is 55.1 Å². The van der Waals surface area contributed by atoms with Crippen molar-refractivity contribution < 1.29 is 19.1 Å². The van der Waals surface area contributed by atoms with E-state index in [1.807, 2.05) is 32.0 Å². The number of nitriles is 1. The summed E-state index contributed by atoms with van der Waals surface area (Å²) in [5, 5.41) is 24.9. The number of carbonyl (C=O) groups excluding carboxylic acids is 3. The van der Waals surface area contributed by atoms with Crippen LogP contribution in [-0.2, 0) is 14.4 Å². The Morgan fingerprint density at radius 1 is 1.14 bits per heavy atom. The predicted molar refractivity (Wildman–Crippen MR) is 170 cm³/mol. The summed E-state index contributed by atoms with van der Waals surface area (Å²) < 4.78 is 6.13. The molecule has 2 amide bonds. The van der Waals surface area contributed by atoms with Gasteiger partial charge in [-0.25, -0.2) is 0 Å². The van der Waals surface area contributed by atoms with E-state index in [2.05, 4.69) is 26.9 Å². The number of allylic oxidation sites excluding steroid dienone is 3. The first-order chi connectivity index (χ1) is 21.0. The van der Waals surface area contributed by atoms with Crippen molar-refractivity contribution in [1.29, 1.82) is 5.26 Å². The van der Waals surface area contributed by atoms with Gasteiger partial charge >= 0.3 is 0 Å². The lowest BCUT2D eigenvalue weighted by Gasteiger charge is -2.42.